The van der Waals surface area contributed by atoms with E-state index in [2.05, 4.69) is 64.2 Å². The second kappa shape index (κ2) is 64.5. The Kier molecular flexibility index (Phi) is 63.7. The maximum atomic E-state index is 13.0. The fraction of sp³-hybridized carbons (Fsp3) is 0.851. The number of unbranched alkanes of at least 4 members (excludes halogenated alkanes) is 34. The minimum absolute atomic E-state index is 0.143. The van der Waals surface area contributed by atoms with Crippen molar-refractivity contribution in [3.8, 4) is 0 Å². The molecule has 0 amide bonds. The number of hydrogen-bond donors (Lipinski definition) is 0. The maximum absolute atomic E-state index is 13.0. The molecule has 462 valence electrons. The molecule has 0 saturated carbocycles. The fourth-order valence-electron chi connectivity index (χ4n) is 9.29. The summed E-state index contributed by atoms with van der Waals surface area (Å²) < 4.78 is 23.7. The Morgan fingerprint density at radius 1 is 0.278 bits per heavy atom. The Morgan fingerprint density at radius 2 is 0.506 bits per heavy atom. The molecule has 0 saturated heterocycles. The first-order valence-corrected chi connectivity index (χ1v) is 48.8. The van der Waals surface area contributed by atoms with Crippen LogP contribution >= 0.6 is 26.8 Å². The average molecular weight is 1270 g/mol. The van der Waals surface area contributed by atoms with Crippen molar-refractivity contribution in [2.24, 2.45) is 0 Å². The third kappa shape index (κ3) is 59.9. The van der Waals surface area contributed by atoms with Crippen LogP contribution in [0, 0.1) is 0 Å². The summed E-state index contributed by atoms with van der Waals surface area (Å²) >= 11 is -3.43. The Hall–Kier alpha value is -1.05. The van der Waals surface area contributed by atoms with Crippen molar-refractivity contribution in [2.75, 3.05) is 43.7 Å². The van der Waals surface area contributed by atoms with Crippen molar-refractivity contribution in [1.82, 2.24) is 0 Å². The van der Waals surface area contributed by atoms with Crippen LogP contribution in [0.4, 0.5) is 0 Å². The number of ether oxygens (including phenoxy) is 4. The zero-order valence-electron chi connectivity index (χ0n) is 51.9. The molecule has 0 aromatic rings. The van der Waals surface area contributed by atoms with Crippen molar-refractivity contribution in [3.05, 3.63) is 36.5 Å². The first-order valence-electron chi connectivity index (χ1n) is 33.3. The van der Waals surface area contributed by atoms with Gasteiger partial charge in [-0.3, -0.25) is 0 Å². The summed E-state index contributed by atoms with van der Waals surface area (Å²) in [7, 11) is 5.61. The predicted molar refractivity (Wildman–Crippen MR) is 350 cm³/mol. The van der Waals surface area contributed by atoms with E-state index in [-0.39, 0.29) is 23.9 Å². The summed E-state index contributed by atoms with van der Waals surface area (Å²) in [6.07, 6.45) is 65.1. The van der Waals surface area contributed by atoms with Gasteiger partial charge in [-0.1, -0.05) is 154 Å². The number of esters is 4. The monoisotopic (exact) mass is 1270 g/mol. The molecule has 0 aliphatic heterocycles. The summed E-state index contributed by atoms with van der Waals surface area (Å²) in [5.41, 5.74) is 0. The molecule has 0 bridgehead atoms. The molecule has 0 fully saturated rings. The van der Waals surface area contributed by atoms with Crippen molar-refractivity contribution in [3.63, 3.8) is 0 Å². The van der Waals surface area contributed by atoms with E-state index < -0.39 is 14.2 Å². The van der Waals surface area contributed by atoms with Gasteiger partial charge in [0.15, 0.2) is 0 Å². The minimum Gasteiger partial charge on any atom is -0.0885 e. The van der Waals surface area contributed by atoms with Gasteiger partial charge in [-0.2, -0.15) is 0 Å². The molecule has 0 aliphatic rings. The molecule has 0 N–H and O–H groups in total. The topological polar surface area (TPSA) is 105 Å². The molecule has 0 heterocycles. The molecule has 12 heteroatoms. The molecule has 79 heavy (non-hydrogen) atoms. The number of carbonyl (C=O) groups excluding carboxylic acids is 4. The van der Waals surface area contributed by atoms with Gasteiger partial charge in [-0.25, -0.2) is 0 Å². The Balaban J connectivity index is 5.10. The molecule has 0 unspecified atom stereocenters. The number of hydrogen-bond acceptors (Lipinski definition) is 11. The van der Waals surface area contributed by atoms with Crippen LogP contribution in [0.2, 0.25) is 4.44 Å². The number of carbonyl (C=O) groups is 4. The molecule has 0 atom stereocenters. The van der Waals surface area contributed by atoms with Gasteiger partial charge in [0.2, 0.25) is 0 Å². The summed E-state index contributed by atoms with van der Waals surface area (Å²) in [5, 5.41) is 0. The van der Waals surface area contributed by atoms with Crippen molar-refractivity contribution < 1.29 is 38.1 Å². The van der Waals surface area contributed by atoms with Crippen LogP contribution in [0.25, 0.3) is 0 Å². The van der Waals surface area contributed by atoms with Gasteiger partial charge >= 0.3 is 312 Å². The van der Waals surface area contributed by atoms with Crippen LogP contribution in [0.3, 0.4) is 0 Å². The van der Waals surface area contributed by atoms with Crippen molar-refractivity contribution >= 4 is 64.9 Å². The van der Waals surface area contributed by atoms with Gasteiger partial charge in [-0.15, -0.1) is 0 Å². The van der Waals surface area contributed by atoms with E-state index >= 15 is 0 Å². The minimum atomic E-state index is -3.43. The molecular weight excluding hydrogens is 1150 g/mol. The Bertz CT molecular complexity index is 1300. The van der Waals surface area contributed by atoms with E-state index in [1.54, 1.807) is 0 Å². The molecular formula is C67H124O8S3Sn. The third-order valence-corrected chi connectivity index (χ3v) is 54.1. The van der Waals surface area contributed by atoms with Gasteiger partial charge in [0, 0.05) is 0 Å². The molecule has 0 spiro atoms. The van der Waals surface area contributed by atoms with E-state index in [0.717, 1.165) is 89.9 Å². The molecule has 8 nitrogen and oxygen atoms in total. The van der Waals surface area contributed by atoms with E-state index in [0.29, 0.717) is 73.8 Å². The van der Waals surface area contributed by atoms with E-state index in [4.69, 9.17) is 18.9 Å². The first kappa shape index (κ1) is 77.9. The Labute approximate surface area is 500 Å². The summed E-state index contributed by atoms with van der Waals surface area (Å²) in [5.74, 6) is 1.32. The van der Waals surface area contributed by atoms with E-state index in [1.165, 1.54) is 173 Å². The first-order chi connectivity index (χ1) is 38.8. The Morgan fingerprint density at radius 3 is 0.785 bits per heavy atom. The van der Waals surface area contributed by atoms with E-state index in [1.807, 2.05) is 26.8 Å². The fourth-order valence-corrected chi connectivity index (χ4v) is 46.0. The van der Waals surface area contributed by atoms with E-state index in [9.17, 15) is 19.2 Å². The zero-order valence-corrected chi connectivity index (χ0v) is 57.2. The van der Waals surface area contributed by atoms with Gasteiger partial charge < -0.3 is 0 Å². The summed E-state index contributed by atoms with van der Waals surface area (Å²) in [4.78, 5) is 51.6. The van der Waals surface area contributed by atoms with Crippen LogP contribution in [0.15, 0.2) is 36.5 Å². The van der Waals surface area contributed by atoms with Crippen molar-refractivity contribution in [2.45, 2.75) is 321 Å². The van der Waals surface area contributed by atoms with Gasteiger partial charge in [0.25, 0.3) is 0 Å². The predicted octanol–water partition coefficient (Wildman–Crippen LogP) is 21.6. The van der Waals surface area contributed by atoms with Crippen LogP contribution in [-0.2, 0) is 38.1 Å². The molecule has 0 aromatic carbocycles. The second-order valence-corrected chi connectivity index (χ2v) is 56.0. The standard InChI is InChI=1S/3C20H38O2S.C7H13O2.Sn/c3*1-2-3-4-5-6-7-8-9-10-11-12-13-14-15-16-17-20(21)22-18-19-23;1-3-5-6-9-7(8)4-2;/h3*9-10,23H,2-8,11-19H2,1H3;2-6H2,1H3;/q;;;;+3/p-3/b3*10-9+;;. The third-order valence-electron chi connectivity index (χ3n) is 14.3. The van der Waals surface area contributed by atoms with Crippen molar-refractivity contribution in [1.29, 1.82) is 0 Å². The molecule has 0 rings (SSSR count). The SMILES string of the molecule is CCCCCCCC/C=C/CCCCCCCC(=O)OCC[S][Sn]([CH2]CC(=O)OCCCC)([S]CCOC(=O)CCCCCCC/C=C/CCCCCCCC)[S]CCOC(=O)CCCCCCC/C=C/CCCCCCCC. The van der Waals surface area contributed by atoms with Crippen LogP contribution in [-0.4, -0.2) is 81.8 Å². The summed E-state index contributed by atoms with van der Waals surface area (Å²) in [6, 6.07) is 0. The van der Waals surface area contributed by atoms with Gasteiger partial charge in [0.1, 0.15) is 0 Å². The summed E-state index contributed by atoms with van der Waals surface area (Å²) in [6.45, 7) is 10.3. The molecule has 0 radical (unpaired) electrons. The molecule has 0 aliphatic carbocycles. The zero-order chi connectivity index (χ0) is 57.5. The molecule has 0 aromatic heterocycles. The quantitative estimate of drug-likeness (QED) is 0.0191. The van der Waals surface area contributed by atoms with Crippen LogP contribution < -0.4 is 0 Å². The number of rotatable bonds is 63. The van der Waals surface area contributed by atoms with Gasteiger partial charge in [-0.05, 0) is 38.5 Å². The number of allylic oxidation sites excluding steroid dienone is 6. The van der Waals surface area contributed by atoms with Crippen LogP contribution in [0.1, 0.15) is 317 Å². The van der Waals surface area contributed by atoms with Gasteiger partial charge in [0.05, 0.1) is 0 Å². The second-order valence-electron chi connectivity index (χ2n) is 22.0. The normalized spacial score (nSPS) is 11.9. The average Bonchev–Trinajstić information content (AvgIpc) is 3.45. The van der Waals surface area contributed by atoms with Crippen LogP contribution in [0.5, 0.6) is 0 Å². The smallest absolute Gasteiger partial charge is 0.0885 e.